The van der Waals surface area contributed by atoms with Gasteiger partial charge in [0.05, 0.1) is 34.5 Å². The standard InChI is InChI=1S/C26H21FN4O3/c1-16(31-25(33)19-6-2-3-7-20(19)26(31)34)24(32)29-22(17-10-12-18(27)13-11-17)14-30-15-28-21-8-4-5-9-23(21)30/h2-13,15-16,22H,14H2,1H3,(H,29,32). The third-order valence-corrected chi connectivity index (χ3v) is 6.09. The van der Waals surface area contributed by atoms with Crippen molar-refractivity contribution in [3.05, 3.63) is 102 Å². The summed E-state index contributed by atoms with van der Waals surface area (Å²) in [4.78, 5) is 44.3. The minimum Gasteiger partial charge on any atom is -0.346 e. The molecule has 0 bridgehead atoms. The number of nitrogens with one attached hydrogen (secondary N) is 1. The van der Waals surface area contributed by atoms with Crippen LogP contribution < -0.4 is 5.32 Å². The van der Waals surface area contributed by atoms with Gasteiger partial charge >= 0.3 is 0 Å². The number of nitrogens with zero attached hydrogens (tertiary/aromatic N) is 3. The summed E-state index contributed by atoms with van der Waals surface area (Å²) in [6, 6.07) is 18.4. The summed E-state index contributed by atoms with van der Waals surface area (Å²) in [5, 5.41) is 2.94. The largest absolute Gasteiger partial charge is 0.346 e. The Balaban J connectivity index is 1.42. The van der Waals surface area contributed by atoms with Crippen LogP contribution in [-0.2, 0) is 11.3 Å². The number of hydrogen-bond acceptors (Lipinski definition) is 4. The smallest absolute Gasteiger partial charge is 0.262 e. The number of aromatic nitrogens is 2. The molecular formula is C26H21FN4O3. The minimum absolute atomic E-state index is 0.284. The number of halogens is 1. The predicted octanol–water partition coefficient (Wildman–Crippen LogP) is 3.72. The van der Waals surface area contributed by atoms with Crippen LogP contribution in [0.1, 0.15) is 39.2 Å². The molecule has 1 N–H and O–H groups in total. The lowest BCUT2D eigenvalue weighted by atomic mass is 10.1. The van der Waals surface area contributed by atoms with Crippen molar-refractivity contribution < 1.29 is 18.8 Å². The first kappa shape index (κ1) is 21.5. The minimum atomic E-state index is -1.03. The second kappa shape index (κ2) is 8.55. The van der Waals surface area contributed by atoms with Crippen molar-refractivity contribution in [2.45, 2.75) is 25.6 Å². The maximum Gasteiger partial charge on any atom is 0.262 e. The van der Waals surface area contributed by atoms with E-state index in [1.807, 2.05) is 28.8 Å². The third kappa shape index (κ3) is 3.73. The van der Waals surface area contributed by atoms with Gasteiger partial charge in [-0.3, -0.25) is 19.3 Å². The Labute approximate surface area is 194 Å². The molecule has 1 aliphatic rings. The summed E-state index contributed by atoms with van der Waals surface area (Å²) >= 11 is 0. The van der Waals surface area contributed by atoms with Crippen LogP contribution in [0.3, 0.4) is 0 Å². The van der Waals surface area contributed by atoms with E-state index in [4.69, 9.17) is 0 Å². The second-order valence-corrected chi connectivity index (χ2v) is 8.20. The van der Waals surface area contributed by atoms with E-state index >= 15 is 0 Å². The van der Waals surface area contributed by atoms with Crippen LogP contribution in [-0.4, -0.2) is 38.2 Å². The van der Waals surface area contributed by atoms with E-state index in [9.17, 15) is 18.8 Å². The molecule has 4 aromatic rings. The van der Waals surface area contributed by atoms with Gasteiger partial charge in [-0.1, -0.05) is 36.4 Å². The first-order valence-corrected chi connectivity index (χ1v) is 10.9. The zero-order valence-electron chi connectivity index (χ0n) is 18.3. The van der Waals surface area contributed by atoms with Crippen molar-refractivity contribution in [1.82, 2.24) is 19.8 Å². The highest BCUT2D eigenvalue weighted by Crippen LogP contribution is 2.25. The number of hydrogen-bond donors (Lipinski definition) is 1. The molecule has 8 heteroatoms. The molecule has 2 heterocycles. The van der Waals surface area contributed by atoms with Crippen molar-refractivity contribution in [1.29, 1.82) is 0 Å². The van der Waals surface area contributed by atoms with E-state index < -0.39 is 29.8 Å². The van der Waals surface area contributed by atoms with E-state index in [0.717, 1.165) is 15.9 Å². The van der Waals surface area contributed by atoms with Gasteiger partial charge in [-0.25, -0.2) is 9.37 Å². The highest BCUT2D eigenvalue weighted by atomic mass is 19.1. The topological polar surface area (TPSA) is 84.3 Å². The van der Waals surface area contributed by atoms with Gasteiger partial charge in [0, 0.05) is 6.54 Å². The van der Waals surface area contributed by atoms with Gasteiger partial charge in [-0.2, -0.15) is 0 Å². The van der Waals surface area contributed by atoms with Crippen LogP contribution >= 0.6 is 0 Å². The Hall–Kier alpha value is -4.33. The second-order valence-electron chi connectivity index (χ2n) is 8.20. The maximum atomic E-state index is 13.6. The van der Waals surface area contributed by atoms with Crippen LogP contribution in [0, 0.1) is 5.82 Å². The third-order valence-electron chi connectivity index (χ3n) is 6.09. The van der Waals surface area contributed by atoms with Gasteiger partial charge < -0.3 is 9.88 Å². The molecule has 0 aliphatic carbocycles. The summed E-state index contributed by atoms with van der Waals surface area (Å²) in [6.45, 7) is 1.85. The first-order valence-electron chi connectivity index (χ1n) is 10.9. The van der Waals surface area contributed by atoms with Crippen LogP contribution in [0.2, 0.25) is 0 Å². The fraction of sp³-hybridized carbons (Fsp3) is 0.154. The maximum absolute atomic E-state index is 13.6. The molecule has 0 fully saturated rings. The Kier molecular flexibility index (Phi) is 5.41. The van der Waals surface area contributed by atoms with Gasteiger partial charge in [-0.05, 0) is 48.9 Å². The van der Waals surface area contributed by atoms with Gasteiger partial charge in [0.2, 0.25) is 5.91 Å². The number of amides is 3. The highest BCUT2D eigenvalue weighted by Gasteiger charge is 2.41. The molecule has 34 heavy (non-hydrogen) atoms. The average Bonchev–Trinajstić information content (AvgIpc) is 3.37. The number of rotatable bonds is 6. The molecule has 170 valence electrons. The number of imide groups is 1. The molecule has 0 radical (unpaired) electrons. The van der Waals surface area contributed by atoms with Gasteiger partial charge in [0.1, 0.15) is 11.9 Å². The Morgan fingerprint density at radius 2 is 1.56 bits per heavy atom. The SMILES string of the molecule is CC(C(=O)NC(Cn1cnc2ccccc21)c1ccc(F)cc1)N1C(=O)c2ccccc2C1=O. The van der Waals surface area contributed by atoms with Crippen LogP contribution in [0.15, 0.2) is 79.1 Å². The summed E-state index contributed by atoms with van der Waals surface area (Å²) in [5.41, 5.74) is 2.95. The number of benzene rings is 3. The Bertz CT molecular complexity index is 1380. The van der Waals surface area contributed by atoms with Crippen molar-refractivity contribution in [2.24, 2.45) is 0 Å². The zero-order valence-corrected chi connectivity index (χ0v) is 18.3. The lowest BCUT2D eigenvalue weighted by Crippen LogP contribution is -2.49. The quantitative estimate of drug-likeness (QED) is 0.448. The van der Waals surface area contributed by atoms with Crippen molar-refractivity contribution in [3.63, 3.8) is 0 Å². The molecule has 7 nitrogen and oxygen atoms in total. The number of imidazole rings is 1. The summed E-state index contributed by atoms with van der Waals surface area (Å²) in [7, 11) is 0. The Morgan fingerprint density at radius 3 is 2.24 bits per heavy atom. The molecule has 5 rings (SSSR count). The average molecular weight is 456 g/mol. The van der Waals surface area contributed by atoms with E-state index in [1.54, 1.807) is 42.7 Å². The van der Waals surface area contributed by atoms with Gasteiger partial charge in [0.25, 0.3) is 11.8 Å². The fourth-order valence-electron chi connectivity index (χ4n) is 4.25. The number of fused-ring (bicyclic) bond motifs is 2. The monoisotopic (exact) mass is 456 g/mol. The fourth-order valence-corrected chi connectivity index (χ4v) is 4.25. The molecule has 0 saturated heterocycles. The lowest BCUT2D eigenvalue weighted by Gasteiger charge is -2.26. The summed E-state index contributed by atoms with van der Waals surface area (Å²) in [5.74, 6) is -1.88. The van der Waals surface area contributed by atoms with E-state index in [1.165, 1.54) is 19.1 Å². The molecule has 3 aromatic carbocycles. The van der Waals surface area contributed by atoms with E-state index in [0.29, 0.717) is 12.1 Å². The zero-order chi connectivity index (χ0) is 23.8. The molecule has 0 saturated carbocycles. The molecular weight excluding hydrogens is 435 g/mol. The molecule has 1 aromatic heterocycles. The Morgan fingerprint density at radius 1 is 0.941 bits per heavy atom. The predicted molar refractivity (Wildman–Crippen MR) is 123 cm³/mol. The highest BCUT2D eigenvalue weighted by molar-refractivity contribution is 6.22. The van der Waals surface area contributed by atoms with Crippen LogP contribution in [0.25, 0.3) is 11.0 Å². The molecule has 2 unspecified atom stereocenters. The molecule has 3 amide bonds. The normalized spacial score (nSPS) is 14.8. The van der Waals surface area contributed by atoms with Crippen molar-refractivity contribution >= 4 is 28.8 Å². The molecule has 1 aliphatic heterocycles. The van der Waals surface area contributed by atoms with E-state index in [-0.39, 0.29) is 16.9 Å². The number of para-hydroxylation sites is 2. The summed E-state index contributed by atoms with van der Waals surface area (Å²) < 4.78 is 15.5. The number of carbonyl (C=O) groups is 3. The molecule has 0 spiro atoms. The van der Waals surface area contributed by atoms with Crippen molar-refractivity contribution in [2.75, 3.05) is 0 Å². The lowest BCUT2D eigenvalue weighted by molar-refractivity contribution is -0.125. The van der Waals surface area contributed by atoms with Crippen LogP contribution in [0.4, 0.5) is 4.39 Å². The first-order chi connectivity index (χ1) is 16.4. The van der Waals surface area contributed by atoms with E-state index in [2.05, 4.69) is 10.3 Å². The molecule has 2 atom stereocenters. The summed E-state index contributed by atoms with van der Waals surface area (Å²) in [6.07, 6.45) is 1.68. The number of carbonyl (C=O) groups excluding carboxylic acids is 3. The van der Waals surface area contributed by atoms with Crippen LogP contribution in [0.5, 0.6) is 0 Å². The van der Waals surface area contributed by atoms with Crippen molar-refractivity contribution in [3.8, 4) is 0 Å². The van der Waals surface area contributed by atoms with Gasteiger partial charge in [0.15, 0.2) is 0 Å². The van der Waals surface area contributed by atoms with Gasteiger partial charge in [-0.15, -0.1) is 0 Å².